The van der Waals surface area contributed by atoms with E-state index < -0.39 is 0 Å². The first-order valence-corrected chi connectivity index (χ1v) is 10.5. The Morgan fingerprint density at radius 3 is 1.17 bits per heavy atom. The highest BCUT2D eigenvalue weighted by atomic mass is 15.0. The third-order valence-electron chi connectivity index (χ3n) is 5.60. The molecule has 0 saturated heterocycles. The first kappa shape index (κ1) is 23.0. The summed E-state index contributed by atoms with van der Waals surface area (Å²) in [5, 5.41) is 3.66. The van der Waals surface area contributed by atoms with Crippen LogP contribution in [0, 0.1) is 41.5 Å². The number of aryl methyl sites for hydroxylation is 6. The van der Waals surface area contributed by atoms with Gasteiger partial charge in [0.25, 0.3) is 0 Å². The van der Waals surface area contributed by atoms with Gasteiger partial charge < -0.3 is 5.32 Å². The van der Waals surface area contributed by atoms with Crippen LogP contribution in [0.2, 0.25) is 0 Å². The molecule has 0 aliphatic rings. The Morgan fingerprint density at radius 2 is 0.897 bits per heavy atom. The summed E-state index contributed by atoms with van der Waals surface area (Å²) < 4.78 is 0. The standard InChI is InChI=1S/C26H37N3/c1-15-11-17(3)25(18(4)12-15)28-23(9)21(7)27-22(8)24(10)29-26-19(5)13-16(2)14-20(26)6/h11-14,21-22,27H,1-10H3. The van der Waals surface area contributed by atoms with Crippen LogP contribution < -0.4 is 5.32 Å². The third-order valence-corrected chi connectivity index (χ3v) is 5.60. The second kappa shape index (κ2) is 9.49. The van der Waals surface area contributed by atoms with E-state index in [4.69, 9.17) is 9.98 Å². The summed E-state index contributed by atoms with van der Waals surface area (Å²) in [5.41, 5.74) is 11.8. The molecule has 3 heteroatoms. The van der Waals surface area contributed by atoms with Crippen molar-refractivity contribution in [1.82, 2.24) is 5.32 Å². The van der Waals surface area contributed by atoms with E-state index in [1.807, 2.05) is 0 Å². The molecule has 0 fully saturated rings. The van der Waals surface area contributed by atoms with Crippen LogP contribution in [0.15, 0.2) is 34.3 Å². The monoisotopic (exact) mass is 391 g/mol. The molecule has 1 N–H and O–H groups in total. The average Bonchev–Trinajstić information content (AvgIpc) is 2.60. The molecule has 0 radical (unpaired) electrons. The van der Waals surface area contributed by atoms with Crippen molar-refractivity contribution in [2.24, 2.45) is 9.98 Å². The number of rotatable bonds is 6. The van der Waals surface area contributed by atoms with Gasteiger partial charge in [0.05, 0.1) is 11.4 Å². The van der Waals surface area contributed by atoms with E-state index in [2.05, 4.69) is 98.8 Å². The Labute approximate surface area is 177 Å². The summed E-state index contributed by atoms with van der Waals surface area (Å²) in [6, 6.07) is 9.11. The Bertz CT molecular complexity index is 827. The van der Waals surface area contributed by atoms with E-state index in [0.29, 0.717) is 0 Å². The zero-order valence-electron chi connectivity index (χ0n) is 19.9. The van der Waals surface area contributed by atoms with Gasteiger partial charge in [-0.15, -0.1) is 0 Å². The SMILES string of the molecule is CC(=Nc1c(C)cc(C)cc1C)C(C)NC(C)C(C)=Nc1c(C)cc(C)cc1C. The van der Waals surface area contributed by atoms with Gasteiger partial charge >= 0.3 is 0 Å². The van der Waals surface area contributed by atoms with Crippen LogP contribution in [-0.2, 0) is 0 Å². The lowest BCUT2D eigenvalue weighted by molar-refractivity contribution is 0.624. The van der Waals surface area contributed by atoms with Gasteiger partial charge in [0, 0.05) is 23.5 Å². The van der Waals surface area contributed by atoms with Gasteiger partial charge in [-0.25, -0.2) is 0 Å². The third kappa shape index (κ3) is 5.86. The number of nitrogens with zero attached hydrogens (tertiary/aromatic N) is 2. The zero-order chi connectivity index (χ0) is 21.9. The molecule has 0 heterocycles. The maximum atomic E-state index is 4.95. The van der Waals surface area contributed by atoms with Gasteiger partial charge in [-0.05, 0) is 91.5 Å². The Morgan fingerprint density at radius 1 is 0.621 bits per heavy atom. The molecular weight excluding hydrogens is 354 g/mol. The minimum absolute atomic E-state index is 0.162. The van der Waals surface area contributed by atoms with Gasteiger partial charge in [-0.3, -0.25) is 9.98 Å². The molecule has 2 unspecified atom stereocenters. The Hall–Kier alpha value is -2.26. The lowest BCUT2D eigenvalue weighted by atomic mass is 10.0. The predicted octanol–water partition coefficient (Wildman–Crippen LogP) is 6.79. The number of aliphatic imine (C=N–C) groups is 2. The van der Waals surface area contributed by atoms with Crippen molar-refractivity contribution in [1.29, 1.82) is 0 Å². The van der Waals surface area contributed by atoms with Crippen LogP contribution in [0.3, 0.4) is 0 Å². The lowest BCUT2D eigenvalue weighted by Crippen LogP contribution is -2.42. The highest BCUT2D eigenvalue weighted by Crippen LogP contribution is 2.26. The van der Waals surface area contributed by atoms with E-state index in [1.165, 1.54) is 33.4 Å². The van der Waals surface area contributed by atoms with Crippen LogP contribution in [0.5, 0.6) is 0 Å². The van der Waals surface area contributed by atoms with Crippen molar-refractivity contribution in [3.05, 3.63) is 57.6 Å². The summed E-state index contributed by atoms with van der Waals surface area (Å²) in [7, 11) is 0. The Kier molecular flexibility index (Phi) is 7.54. The molecule has 156 valence electrons. The van der Waals surface area contributed by atoms with Crippen LogP contribution in [0.4, 0.5) is 11.4 Å². The highest BCUT2D eigenvalue weighted by molar-refractivity contribution is 5.93. The minimum atomic E-state index is 0.162. The summed E-state index contributed by atoms with van der Waals surface area (Å²) in [4.78, 5) is 9.90. The highest BCUT2D eigenvalue weighted by Gasteiger charge is 2.14. The van der Waals surface area contributed by atoms with Gasteiger partial charge in [0.1, 0.15) is 0 Å². The molecule has 3 nitrogen and oxygen atoms in total. The number of nitrogens with one attached hydrogen (secondary N) is 1. The second-order valence-electron chi connectivity index (χ2n) is 8.61. The maximum absolute atomic E-state index is 4.95. The molecule has 0 saturated carbocycles. The molecule has 0 bridgehead atoms. The van der Waals surface area contributed by atoms with Crippen LogP contribution >= 0.6 is 0 Å². The lowest BCUT2D eigenvalue weighted by Gasteiger charge is -2.21. The largest absolute Gasteiger partial charge is 0.301 e. The molecule has 0 spiro atoms. The average molecular weight is 392 g/mol. The van der Waals surface area contributed by atoms with Crippen molar-refractivity contribution in [3.8, 4) is 0 Å². The van der Waals surface area contributed by atoms with E-state index in [0.717, 1.165) is 22.8 Å². The zero-order valence-corrected chi connectivity index (χ0v) is 19.9. The smallest absolute Gasteiger partial charge is 0.0688 e. The molecule has 0 aliphatic heterocycles. The normalized spacial score (nSPS) is 14.8. The first-order chi connectivity index (χ1) is 13.5. The second-order valence-corrected chi connectivity index (χ2v) is 8.61. The fraction of sp³-hybridized carbons (Fsp3) is 0.462. The number of hydrogen-bond acceptors (Lipinski definition) is 3. The minimum Gasteiger partial charge on any atom is -0.301 e. The van der Waals surface area contributed by atoms with Crippen molar-refractivity contribution < 1.29 is 0 Å². The van der Waals surface area contributed by atoms with Gasteiger partial charge in [-0.2, -0.15) is 0 Å². The molecule has 2 aromatic carbocycles. The quantitative estimate of drug-likeness (QED) is 0.541. The van der Waals surface area contributed by atoms with Gasteiger partial charge in [-0.1, -0.05) is 35.4 Å². The maximum Gasteiger partial charge on any atom is 0.0688 e. The van der Waals surface area contributed by atoms with Crippen molar-refractivity contribution in [2.75, 3.05) is 0 Å². The molecule has 2 aromatic rings. The fourth-order valence-corrected chi connectivity index (χ4v) is 3.86. The van der Waals surface area contributed by atoms with Gasteiger partial charge in [0.2, 0.25) is 0 Å². The molecule has 0 aliphatic carbocycles. The topological polar surface area (TPSA) is 36.8 Å². The molecule has 0 aromatic heterocycles. The predicted molar refractivity (Wildman–Crippen MR) is 129 cm³/mol. The Balaban J connectivity index is 2.19. The number of hydrogen-bond donors (Lipinski definition) is 1. The molecule has 29 heavy (non-hydrogen) atoms. The van der Waals surface area contributed by atoms with Crippen LogP contribution in [0.1, 0.15) is 61.1 Å². The van der Waals surface area contributed by atoms with Crippen molar-refractivity contribution >= 4 is 22.8 Å². The van der Waals surface area contributed by atoms with Crippen LogP contribution in [-0.4, -0.2) is 23.5 Å². The molecule has 2 atom stereocenters. The molecule has 2 rings (SSSR count). The van der Waals surface area contributed by atoms with Gasteiger partial charge in [0.15, 0.2) is 0 Å². The van der Waals surface area contributed by atoms with Crippen molar-refractivity contribution in [2.45, 2.75) is 81.3 Å². The van der Waals surface area contributed by atoms with E-state index in [-0.39, 0.29) is 12.1 Å². The van der Waals surface area contributed by atoms with Crippen LogP contribution in [0.25, 0.3) is 0 Å². The summed E-state index contributed by atoms with van der Waals surface area (Å²) in [6.07, 6.45) is 0. The molecule has 0 amide bonds. The van der Waals surface area contributed by atoms with E-state index in [9.17, 15) is 0 Å². The molecular formula is C26H37N3. The first-order valence-electron chi connectivity index (χ1n) is 10.5. The van der Waals surface area contributed by atoms with Crippen molar-refractivity contribution in [3.63, 3.8) is 0 Å². The van der Waals surface area contributed by atoms with E-state index in [1.54, 1.807) is 0 Å². The summed E-state index contributed by atoms with van der Waals surface area (Å²) >= 11 is 0. The summed E-state index contributed by atoms with van der Waals surface area (Å²) in [6.45, 7) is 21.3. The summed E-state index contributed by atoms with van der Waals surface area (Å²) in [5.74, 6) is 0. The van der Waals surface area contributed by atoms with E-state index >= 15 is 0 Å². The number of benzene rings is 2. The fourth-order valence-electron chi connectivity index (χ4n) is 3.86.